The number of nitrogens with zero attached hydrogens (tertiary/aromatic N) is 3. The van der Waals surface area contributed by atoms with Gasteiger partial charge in [0.2, 0.25) is 5.91 Å². The molecule has 2 aromatic heterocycles. The number of pyridine rings is 1. The Labute approximate surface area is 232 Å². The number of fused-ring (bicyclic) bond motifs is 1. The minimum Gasteiger partial charge on any atom is -0.371 e. The number of amides is 2. The summed E-state index contributed by atoms with van der Waals surface area (Å²) in [5.41, 5.74) is 1.69. The summed E-state index contributed by atoms with van der Waals surface area (Å²) in [7, 11) is 0. The number of rotatable bonds is 6. The molecule has 0 atom stereocenters. The van der Waals surface area contributed by atoms with Crippen molar-refractivity contribution in [3.05, 3.63) is 65.7 Å². The number of carbonyl (C=O) groups is 2. The topological polar surface area (TPSA) is 87.2 Å². The van der Waals surface area contributed by atoms with Crippen LogP contribution in [0.1, 0.15) is 48.0 Å². The fourth-order valence-electron chi connectivity index (χ4n) is 4.86. The first-order valence-electron chi connectivity index (χ1n) is 13.2. The maximum absolute atomic E-state index is 13.9. The molecule has 11 heteroatoms. The van der Waals surface area contributed by atoms with E-state index in [-0.39, 0.29) is 28.8 Å². The highest BCUT2D eigenvalue weighted by atomic mass is 32.1. The maximum atomic E-state index is 13.9. The molecule has 4 aromatic rings. The van der Waals surface area contributed by atoms with Crippen molar-refractivity contribution in [2.75, 3.05) is 28.6 Å². The largest absolute Gasteiger partial charge is 0.418 e. The SMILES string of the molecule is O=C(Nc1ccc(N2CCCCC2)c(C(F)(F)F)c1)c1cccc(-c2ccc3nc(NC(=O)C4CC4)sc3n2)c1. The van der Waals surface area contributed by atoms with Gasteiger partial charge in [0.15, 0.2) is 5.13 Å². The number of benzene rings is 2. The molecule has 0 unspecified atom stereocenters. The van der Waals surface area contributed by atoms with Crippen molar-refractivity contribution in [2.45, 2.75) is 38.3 Å². The highest BCUT2D eigenvalue weighted by molar-refractivity contribution is 7.22. The molecule has 2 amide bonds. The number of alkyl halides is 3. The normalized spacial score (nSPS) is 15.7. The van der Waals surface area contributed by atoms with Gasteiger partial charge in [0, 0.05) is 41.5 Å². The molecule has 7 nitrogen and oxygen atoms in total. The third-order valence-electron chi connectivity index (χ3n) is 7.11. The molecule has 0 bridgehead atoms. The first kappa shape index (κ1) is 26.2. The Balaban J connectivity index is 1.21. The smallest absolute Gasteiger partial charge is 0.371 e. The average molecular weight is 566 g/mol. The van der Waals surface area contributed by atoms with Crippen LogP contribution in [0.4, 0.5) is 29.7 Å². The molecule has 1 saturated carbocycles. The van der Waals surface area contributed by atoms with Crippen molar-refractivity contribution in [2.24, 2.45) is 5.92 Å². The number of hydrogen-bond acceptors (Lipinski definition) is 6. The van der Waals surface area contributed by atoms with Crippen molar-refractivity contribution < 1.29 is 22.8 Å². The molecule has 2 aromatic carbocycles. The van der Waals surface area contributed by atoms with Gasteiger partial charge < -0.3 is 15.5 Å². The Morgan fingerprint density at radius 3 is 2.48 bits per heavy atom. The summed E-state index contributed by atoms with van der Waals surface area (Å²) >= 11 is 1.28. The second-order valence-electron chi connectivity index (χ2n) is 10.1. The molecule has 0 radical (unpaired) electrons. The van der Waals surface area contributed by atoms with Crippen LogP contribution in [0.3, 0.4) is 0 Å². The molecule has 2 aliphatic rings. The van der Waals surface area contributed by atoms with Crippen LogP contribution in [-0.2, 0) is 11.0 Å². The zero-order valence-corrected chi connectivity index (χ0v) is 22.2. The van der Waals surface area contributed by atoms with E-state index in [0.717, 1.165) is 38.2 Å². The highest BCUT2D eigenvalue weighted by Crippen LogP contribution is 2.39. The van der Waals surface area contributed by atoms with E-state index in [2.05, 4.69) is 20.6 Å². The van der Waals surface area contributed by atoms with Crippen molar-refractivity contribution in [3.63, 3.8) is 0 Å². The van der Waals surface area contributed by atoms with Gasteiger partial charge in [-0.2, -0.15) is 13.2 Å². The molecular formula is C29H26F3N5O2S. The molecule has 40 heavy (non-hydrogen) atoms. The Morgan fingerprint density at radius 2 is 1.73 bits per heavy atom. The van der Waals surface area contributed by atoms with Gasteiger partial charge in [-0.25, -0.2) is 9.97 Å². The molecule has 1 aliphatic heterocycles. The number of nitrogens with one attached hydrogen (secondary N) is 2. The number of carbonyl (C=O) groups excluding carboxylic acids is 2. The van der Waals surface area contributed by atoms with Gasteiger partial charge in [0.1, 0.15) is 10.3 Å². The van der Waals surface area contributed by atoms with E-state index in [0.29, 0.717) is 39.8 Å². The van der Waals surface area contributed by atoms with Gasteiger partial charge in [0.05, 0.1) is 11.3 Å². The minimum absolute atomic E-state index is 0.0264. The highest BCUT2D eigenvalue weighted by Gasteiger charge is 2.35. The molecule has 2 fully saturated rings. The van der Waals surface area contributed by atoms with E-state index in [4.69, 9.17) is 0 Å². The van der Waals surface area contributed by atoms with Crippen molar-refractivity contribution in [1.29, 1.82) is 0 Å². The van der Waals surface area contributed by atoms with Gasteiger partial charge in [-0.1, -0.05) is 23.5 Å². The average Bonchev–Trinajstić information content (AvgIpc) is 3.73. The van der Waals surface area contributed by atoms with Gasteiger partial charge in [-0.3, -0.25) is 9.59 Å². The number of aromatic nitrogens is 2. The molecule has 206 valence electrons. The lowest BCUT2D eigenvalue weighted by atomic mass is 10.1. The van der Waals surface area contributed by atoms with Crippen LogP contribution in [0.5, 0.6) is 0 Å². The molecule has 1 aliphatic carbocycles. The Hall–Kier alpha value is -3.99. The fourth-order valence-corrected chi connectivity index (χ4v) is 5.70. The Bertz CT molecular complexity index is 1590. The van der Waals surface area contributed by atoms with E-state index in [1.54, 1.807) is 41.3 Å². The fraction of sp³-hybridized carbons (Fsp3) is 0.310. The van der Waals surface area contributed by atoms with Crippen LogP contribution in [-0.4, -0.2) is 34.9 Å². The van der Waals surface area contributed by atoms with E-state index < -0.39 is 17.6 Å². The maximum Gasteiger partial charge on any atom is 0.418 e. The van der Waals surface area contributed by atoms with Crippen molar-refractivity contribution in [1.82, 2.24) is 9.97 Å². The summed E-state index contributed by atoms with van der Waals surface area (Å²) in [5.74, 6) is -0.483. The first-order valence-corrected chi connectivity index (χ1v) is 14.0. The number of thiazole rings is 1. The van der Waals surface area contributed by atoms with Crippen LogP contribution >= 0.6 is 11.3 Å². The van der Waals surface area contributed by atoms with Crippen molar-refractivity contribution >= 4 is 50.0 Å². The second-order valence-corrected chi connectivity index (χ2v) is 11.1. The summed E-state index contributed by atoms with van der Waals surface area (Å²) in [6.07, 6.45) is -0.0235. The van der Waals surface area contributed by atoms with Gasteiger partial charge >= 0.3 is 6.18 Å². The molecule has 3 heterocycles. The molecule has 1 saturated heterocycles. The van der Waals surface area contributed by atoms with E-state index in [1.807, 2.05) is 0 Å². The van der Waals surface area contributed by atoms with Crippen molar-refractivity contribution in [3.8, 4) is 11.3 Å². The quantitative estimate of drug-likeness (QED) is 0.264. The first-order chi connectivity index (χ1) is 19.2. The van der Waals surface area contributed by atoms with Crippen LogP contribution in [0.15, 0.2) is 54.6 Å². The summed E-state index contributed by atoms with van der Waals surface area (Å²) in [5, 5.41) is 5.95. The monoisotopic (exact) mass is 565 g/mol. The summed E-state index contributed by atoms with van der Waals surface area (Å²) < 4.78 is 41.8. The summed E-state index contributed by atoms with van der Waals surface area (Å²) in [6.45, 7) is 1.17. The van der Waals surface area contributed by atoms with E-state index in [9.17, 15) is 22.8 Å². The predicted octanol–water partition coefficient (Wildman–Crippen LogP) is 6.97. The molecule has 2 N–H and O–H groups in total. The Morgan fingerprint density at radius 1 is 0.925 bits per heavy atom. The Kier molecular flexibility index (Phi) is 6.91. The van der Waals surface area contributed by atoms with Crippen LogP contribution < -0.4 is 15.5 Å². The third kappa shape index (κ3) is 5.65. The van der Waals surface area contributed by atoms with Crippen LogP contribution in [0.25, 0.3) is 21.6 Å². The number of halogens is 3. The van der Waals surface area contributed by atoms with Crippen LogP contribution in [0.2, 0.25) is 0 Å². The van der Waals surface area contributed by atoms with Crippen LogP contribution in [0, 0.1) is 5.92 Å². The zero-order chi connectivity index (χ0) is 27.9. The summed E-state index contributed by atoms with van der Waals surface area (Å²) in [4.78, 5) is 36.6. The molecular weight excluding hydrogens is 539 g/mol. The standard InChI is InChI=1S/C29H26F3N5O2S/c30-29(31,32)21-16-20(9-12-24(21)37-13-2-1-3-14-37)33-26(39)19-6-4-5-18(15-19)22-10-11-23-27(34-22)40-28(35-23)36-25(38)17-7-8-17/h4-6,9-12,15-17H,1-3,7-8,13-14H2,(H,33,39)(H,35,36,38). The third-order valence-corrected chi connectivity index (χ3v) is 7.99. The second kappa shape index (κ2) is 10.5. The predicted molar refractivity (Wildman–Crippen MR) is 150 cm³/mol. The zero-order valence-electron chi connectivity index (χ0n) is 21.4. The lowest BCUT2D eigenvalue weighted by molar-refractivity contribution is -0.137. The lowest BCUT2D eigenvalue weighted by Crippen LogP contribution is -2.31. The summed E-state index contributed by atoms with van der Waals surface area (Å²) in [6, 6.07) is 14.3. The van der Waals surface area contributed by atoms with Gasteiger partial charge in [0.25, 0.3) is 5.91 Å². The van der Waals surface area contributed by atoms with E-state index in [1.165, 1.54) is 23.5 Å². The van der Waals surface area contributed by atoms with Gasteiger partial charge in [-0.15, -0.1) is 0 Å². The number of anilines is 3. The molecule has 6 rings (SSSR count). The molecule has 0 spiro atoms. The number of hydrogen-bond donors (Lipinski definition) is 2. The van der Waals surface area contributed by atoms with E-state index >= 15 is 0 Å². The lowest BCUT2D eigenvalue weighted by Gasteiger charge is -2.31. The number of piperidine rings is 1. The van der Waals surface area contributed by atoms with Gasteiger partial charge in [-0.05, 0) is 74.6 Å². The minimum atomic E-state index is -4.55.